The lowest BCUT2D eigenvalue weighted by molar-refractivity contribution is 0.305. The average Bonchev–Trinajstić information content (AvgIpc) is 2.75. The number of aromatic nitrogens is 1. The summed E-state index contributed by atoms with van der Waals surface area (Å²) in [7, 11) is 0. The van der Waals surface area contributed by atoms with E-state index in [1.54, 1.807) is 0 Å². The number of unbranched alkanes of at least 4 members (excludes halogenated alkanes) is 4. The molecule has 1 aromatic carbocycles. The first-order valence-electron chi connectivity index (χ1n) is 11.9. The van der Waals surface area contributed by atoms with Gasteiger partial charge in [0.1, 0.15) is 0 Å². The Hall–Kier alpha value is -1.63. The van der Waals surface area contributed by atoms with Crippen LogP contribution in [0.2, 0.25) is 0 Å². The molecule has 1 aromatic heterocycles. The maximum atomic E-state index is 4.85. The largest absolute Gasteiger partial charge is 0.260 e. The van der Waals surface area contributed by atoms with E-state index in [4.69, 9.17) is 4.98 Å². The van der Waals surface area contributed by atoms with Crippen LogP contribution in [-0.2, 0) is 6.42 Å². The summed E-state index contributed by atoms with van der Waals surface area (Å²) in [4.78, 5) is 4.85. The number of rotatable bonds is 10. The molecule has 1 nitrogen and oxygen atoms in total. The van der Waals surface area contributed by atoms with E-state index in [9.17, 15) is 0 Å². The van der Waals surface area contributed by atoms with Gasteiger partial charge in [0.25, 0.3) is 0 Å². The lowest BCUT2D eigenvalue weighted by atomic mass is 9.78. The van der Waals surface area contributed by atoms with Crippen LogP contribution in [-0.4, -0.2) is 4.98 Å². The molecule has 0 aliphatic heterocycles. The monoisotopic (exact) mass is 377 g/mol. The van der Waals surface area contributed by atoms with E-state index in [2.05, 4.69) is 56.4 Å². The van der Waals surface area contributed by atoms with Crippen molar-refractivity contribution in [3.63, 3.8) is 0 Å². The summed E-state index contributed by atoms with van der Waals surface area (Å²) < 4.78 is 0. The van der Waals surface area contributed by atoms with Crippen molar-refractivity contribution in [3.8, 4) is 11.1 Å². The molecule has 1 aliphatic carbocycles. The highest BCUT2D eigenvalue weighted by atomic mass is 14.7. The second-order valence-electron chi connectivity index (χ2n) is 8.84. The number of benzene rings is 1. The van der Waals surface area contributed by atoms with Crippen LogP contribution in [0, 0.1) is 5.92 Å². The number of nitrogens with zero attached hydrogens (tertiary/aromatic N) is 1. The molecule has 1 fully saturated rings. The third-order valence-corrected chi connectivity index (χ3v) is 6.60. The Morgan fingerprint density at radius 2 is 1.46 bits per heavy atom. The van der Waals surface area contributed by atoms with E-state index in [1.807, 2.05) is 0 Å². The Balaban J connectivity index is 1.51. The van der Waals surface area contributed by atoms with Gasteiger partial charge in [0.05, 0.1) is 0 Å². The molecule has 0 amide bonds. The number of hydrogen-bond acceptors (Lipinski definition) is 1. The number of aryl methyl sites for hydroxylation is 1. The van der Waals surface area contributed by atoms with E-state index in [-0.39, 0.29) is 0 Å². The first-order chi connectivity index (χ1) is 13.8. The van der Waals surface area contributed by atoms with Crippen molar-refractivity contribution in [2.75, 3.05) is 0 Å². The Kier molecular flexibility index (Phi) is 8.58. The van der Waals surface area contributed by atoms with Crippen molar-refractivity contribution in [1.82, 2.24) is 4.98 Å². The van der Waals surface area contributed by atoms with Crippen molar-refractivity contribution in [2.24, 2.45) is 5.92 Å². The maximum Gasteiger partial charge on any atom is 0.0434 e. The Morgan fingerprint density at radius 1 is 0.750 bits per heavy atom. The molecule has 0 saturated heterocycles. The third-order valence-electron chi connectivity index (χ3n) is 6.60. The molecule has 28 heavy (non-hydrogen) atoms. The van der Waals surface area contributed by atoms with Gasteiger partial charge < -0.3 is 0 Å². The average molecular weight is 378 g/mol. The van der Waals surface area contributed by atoms with Crippen LogP contribution in [0.1, 0.15) is 102 Å². The molecule has 1 heterocycles. The molecular weight excluding hydrogens is 338 g/mol. The molecule has 1 heteroatoms. The maximum absolute atomic E-state index is 4.85. The zero-order chi connectivity index (χ0) is 19.6. The Bertz CT molecular complexity index is 662. The second-order valence-corrected chi connectivity index (χ2v) is 8.84. The molecule has 1 aliphatic rings. The van der Waals surface area contributed by atoms with Gasteiger partial charge in [0, 0.05) is 23.4 Å². The minimum Gasteiger partial charge on any atom is -0.260 e. The van der Waals surface area contributed by atoms with Gasteiger partial charge in [-0.15, -0.1) is 0 Å². The molecule has 0 N–H and O–H groups in total. The fourth-order valence-electron chi connectivity index (χ4n) is 4.77. The zero-order valence-electron chi connectivity index (χ0n) is 18.1. The van der Waals surface area contributed by atoms with Gasteiger partial charge in [-0.3, -0.25) is 4.98 Å². The molecule has 1 saturated carbocycles. The highest BCUT2D eigenvalue weighted by molar-refractivity contribution is 5.62. The third kappa shape index (κ3) is 6.19. The van der Waals surface area contributed by atoms with E-state index >= 15 is 0 Å². The predicted octanol–water partition coefficient (Wildman–Crippen LogP) is 8.34. The van der Waals surface area contributed by atoms with E-state index in [0.717, 1.165) is 5.92 Å². The van der Waals surface area contributed by atoms with Crippen LogP contribution in [0.25, 0.3) is 11.1 Å². The fourth-order valence-corrected chi connectivity index (χ4v) is 4.77. The molecule has 0 radical (unpaired) electrons. The van der Waals surface area contributed by atoms with Crippen LogP contribution < -0.4 is 0 Å². The highest BCUT2D eigenvalue weighted by Crippen LogP contribution is 2.37. The molecule has 3 rings (SSSR count). The standard InChI is InChI=1S/C27H39N/c1-3-5-6-7-8-10-23-11-15-24(16-12-23)26-19-20-27(28-21-26)25-17-13-22(9-4-2)14-18-25/h11-12,15-16,19-22,25H,3-10,13-14,17-18H2,1-2H3/t22-,25-. The predicted molar refractivity (Wildman–Crippen MR) is 122 cm³/mol. The SMILES string of the molecule is CCCCCCCc1ccc(-c2ccc([C@H]3CC[C@H](CCC)CC3)nc2)cc1. The topological polar surface area (TPSA) is 12.9 Å². The first-order valence-corrected chi connectivity index (χ1v) is 11.9. The Labute approximate surface area is 173 Å². The first kappa shape index (κ1) is 21.1. The summed E-state index contributed by atoms with van der Waals surface area (Å²) in [6, 6.07) is 13.7. The van der Waals surface area contributed by atoms with Gasteiger partial charge in [-0.2, -0.15) is 0 Å². The fraction of sp³-hybridized carbons (Fsp3) is 0.593. The lowest BCUT2D eigenvalue weighted by Gasteiger charge is -2.28. The number of pyridine rings is 1. The van der Waals surface area contributed by atoms with Gasteiger partial charge in [0.2, 0.25) is 0 Å². The van der Waals surface area contributed by atoms with E-state index in [0.29, 0.717) is 5.92 Å². The molecule has 152 valence electrons. The minimum atomic E-state index is 0.678. The summed E-state index contributed by atoms with van der Waals surface area (Å²) >= 11 is 0. The Morgan fingerprint density at radius 3 is 2.11 bits per heavy atom. The summed E-state index contributed by atoms with van der Waals surface area (Å²) in [5, 5.41) is 0. The van der Waals surface area contributed by atoms with E-state index in [1.165, 1.54) is 99.4 Å². The van der Waals surface area contributed by atoms with Crippen molar-refractivity contribution < 1.29 is 0 Å². The van der Waals surface area contributed by atoms with Crippen molar-refractivity contribution in [3.05, 3.63) is 53.9 Å². The summed E-state index contributed by atoms with van der Waals surface area (Å²) in [6.45, 7) is 4.59. The van der Waals surface area contributed by atoms with Gasteiger partial charge >= 0.3 is 0 Å². The molecule has 0 bridgehead atoms. The van der Waals surface area contributed by atoms with Crippen LogP contribution in [0.4, 0.5) is 0 Å². The molecule has 0 unspecified atom stereocenters. The summed E-state index contributed by atoms with van der Waals surface area (Å²) in [5.74, 6) is 1.64. The quantitative estimate of drug-likeness (QED) is 0.379. The van der Waals surface area contributed by atoms with Gasteiger partial charge in [-0.1, -0.05) is 82.7 Å². The highest BCUT2D eigenvalue weighted by Gasteiger charge is 2.22. The van der Waals surface area contributed by atoms with Crippen molar-refractivity contribution >= 4 is 0 Å². The van der Waals surface area contributed by atoms with Crippen LogP contribution in [0.15, 0.2) is 42.6 Å². The summed E-state index contributed by atoms with van der Waals surface area (Å²) in [5.41, 5.74) is 5.31. The zero-order valence-corrected chi connectivity index (χ0v) is 18.1. The molecule has 2 aromatic rings. The van der Waals surface area contributed by atoms with Crippen LogP contribution in [0.5, 0.6) is 0 Å². The van der Waals surface area contributed by atoms with Gasteiger partial charge in [-0.05, 0) is 61.6 Å². The number of hydrogen-bond donors (Lipinski definition) is 0. The second kappa shape index (κ2) is 11.4. The van der Waals surface area contributed by atoms with Gasteiger partial charge in [0.15, 0.2) is 0 Å². The molecule has 0 atom stereocenters. The minimum absolute atomic E-state index is 0.678. The van der Waals surface area contributed by atoms with Crippen molar-refractivity contribution in [2.45, 2.75) is 96.8 Å². The molecule has 0 spiro atoms. The van der Waals surface area contributed by atoms with Crippen molar-refractivity contribution in [1.29, 1.82) is 0 Å². The van der Waals surface area contributed by atoms with Crippen LogP contribution >= 0.6 is 0 Å². The lowest BCUT2D eigenvalue weighted by Crippen LogP contribution is -2.14. The summed E-state index contributed by atoms with van der Waals surface area (Å²) in [6.07, 6.45) is 18.2. The van der Waals surface area contributed by atoms with E-state index < -0.39 is 0 Å². The van der Waals surface area contributed by atoms with Crippen LogP contribution in [0.3, 0.4) is 0 Å². The normalized spacial score (nSPS) is 19.6. The smallest absolute Gasteiger partial charge is 0.0434 e. The van der Waals surface area contributed by atoms with Gasteiger partial charge in [-0.25, -0.2) is 0 Å². The molecular formula is C27H39N.